The van der Waals surface area contributed by atoms with Crippen molar-refractivity contribution < 1.29 is 4.79 Å². The Balaban J connectivity index is 1.41. The largest absolute Gasteiger partial charge is 0.325 e. The molecule has 6 heteroatoms. The first-order chi connectivity index (χ1) is 11.7. The van der Waals surface area contributed by atoms with Gasteiger partial charge in [-0.25, -0.2) is 0 Å². The molecule has 0 fully saturated rings. The van der Waals surface area contributed by atoms with E-state index in [-0.39, 0.29) is 5.91 Å². The number of benzene rings is 2. The SMILES string of the molecule is Cc1ccccc1SCC(=O)Nc1ccc2c(c1)N1CCN=C1S2. The maximum Gasteiger partial charge on any atom is 0.234 e. The molecule has 2 aromatic carbocycles. The predicted molar refractivity (Wildman–Crippen MR) is 102 cm³/mol. The molecule has 0 aromatic heterocycles. The number of nitrogens with zero attached hydrogens (tertiary/aromatic N) is 2. The standard InChI is InChI=1S/C18H17N3OS2/c1-12-4-2-3-5-15(12)23-11-17(22)20-13-6-7-16-14(10-13)21-9-8-19-18(21)24-16/h2-7,10H,8-9,11H2,1H3,(H,20,22). The molecular formula is C18H17N3OS2. The number of anilines is 2. The number of carbonyl (C=O) groups excluding carboxylic acids is 1. The van der Waals surface area contributed by atoms with Gasteiger partial charge in [-0.3, -0.25) is 9.79 Å². The molecule has 2 aliphatic rings. The summed E-state index contributed by atoms with van der Waals surface area (Å²) in [6.45, 7) is 3.84. The van der Waals surface area contributed by atoms with E-state index in [0.29, 0.717) is 5.75 Å². The smallest absolute Gasteiger partial charge is 0.234 e. The van der Waals surface area contributed by atoms with Crippen molar-refractivity contribution in [2.75, 3.05) is 29.1 Å². The molecule has 0 bridgehead atoms. The predicted octanol–water partition coefficient (Wildman–Crippen LogP) is 4.01. The van der Waals surface area contributed by atoms with Gasteiger partial charge in [-0.05, 0) is 48.5 Å². The molecule has 1 amide bonds. The number of hydrogen-bond acceptors (Lipinski definition) is 5. The third kappa shape index (κ3) is 3.03. The Morgan fingerprint density at radius 1 is 1.33 bits per heavy atom. The second kappa shape index (κ2) is 6.53. The molecule has 0 unspecified atom stereocenters. The normalized spacial score (nSPS) is 15.0. The summed E-state index contributed by atoms with van der Waals surface area (Å²) in [5.41, 5.74) is 3.20. The van der Waals surface area contributed by atoms with Crippen molar-refractivity contribution in [3.63, 3.8) is 0 Å². The quantitative estimate of drug-likeness (QED) is 0.842. The Kier molecular flexibility index (Phi) is 4.24. The Labute approximate surface area is 149 Å². The van der Waals surface area contributed by atoms with Gasteiger partial charge in [0.1, 0.15) is 0 Å². The minimum atomic E-state index is 0.0177. The third-order valence-electron chi connectivity index (χ3n) is 3.99. The van der Waals surface area contributed by atoms with Gasteiger partial charge in [0, 0.05) is 22.0 Å². The fourth-order valence-corrected chi connectivity index (χ4v) is 4.68. The van der Waals surface area contributed by atoms with Crippen molar-refractivity contribution in [3.8, 4) is 0 Å². The first-order valence-corrected chi connectivity index (χ1v) is 9.63. The number of amidine groups is 1. The third-order valence-corrected chi connectivity index (χ3v) is 6.26. The van der Waals surface area contributed by atoms with Crippen LogP contribution in [0.2, 0.25) is 0 Å². The molecule has 0 saturated carbocycles. The van der Waals surface area contributed by atoms with E-state index in [2.05, 4.69) is 34.3 Å². The molecule has 2 heterocycles. The molecule has 0 atom stereocenters. The summed E-state index contributed by atoms with van der Waals surface area (Å²) in [6, 6.07) is 14.2. The van der Waals surface area contributed by atoms with Gasteiger partial charge in [0.2, 0.25) is 5.91 Å². The monoisotopic (exact) mass is 355 g/mol. The number of nitrogens with one attached hydrogen (secondary N) is 1. The van der Waals surface area contributed by atoms with Crippen LogP contribution in [0.3, 0.4) is 0 Å². The minimum Gasteiger partial charge on any atom is -0.325 e. The highest BCUT2D eigenvalue weighted by molar-refractivity contribution is 8.14. The van der Waals surface area contributed by atoms with Gasteiger partial charge in [0.15, 0.2) is 5.17 Å². The zero-order valence-corrected chi connectivity index (χ0v) is 14.9. The van der Waals surface area contributed by atoms with Crippen molar-refractivity contribution in [3.05, 3.63) is 48.0 Å². The van der Waals surface area contributed by atoms with E-state index in [1.54, 1.807) is 23.5 Å². The van der Waals surface area contributed by atoms with Gasteiger partial charge >= 0.3 is 0 Å². The van der Waals surface area contributed by atoms with Crippen LogP contribution in [-0.4, -0.2) is 29.9 Å². The summed E-state index contributed by atoms with van der Waals surface area (Å²) in [4.78, 5) is 21.3. The molecule has 0 saturated heterocycles. The average molecular weight is 355 g/mol. The van der Waals surface area contributed by atoms with Crippen LogP contribution in [0.25, 0.3) is 0 Å². The van der Waals surface area contributed by atoms with Crippen LogP contribution in [0.4, 0.5) is 11.4 Å². The molecule has 2 aliphatic heterocycles. The van der Waals surface area contributed by atoms with Gasteiger partial charge in [-0.2, -0.15) is 0 Å². The summed E-state index contributed by atoms with van der Waals surface area (Å²) in [7, 11) is 0. The zero-order valence-electron chi connectivity index (χ0n) is 13.3. The van der Waals surface area contributed by atoms with Crippen molar-refractivity contribution in [2.45, 2.75) is 16.7 Å². The van der Waals surface area contributed by atoms with E-state index < -0.39 is 0 Å². The molecule has 4 rings (SSSR count). The zero-order chi connectivity index (χ0) is 16.5. The lowest BCUT2D eigenvalue weighted by Gasteiger charge is -2.13. The molecule has 4 nitrogen and oxygen atoms in total. The second-order valence-electron chi connectivity index (χ2n) is 5.70. The van der Waals surface area contributed by atoms with E-state index in [4.69, 9.17) is 0 Å². The average Bonchev–Trinajstić information content (AvgIpc) is 3.15. The van der Waals surface area contributed by atoms with Crippen molar-refractivity contribution >= 4 is 46.0 Å². The number of aryl methyl sites for hydroxylation is 1. The number of fused-ring (bicyclic) bond motifs is 3. The number of carbonyl (C=O) groups is 1. The molecule has 0 spiro atoms. The van der Waals surface area contributed by atoms with Crippen molar-refractivity contribution in [2.24, 2.45) is 4.99 Å². The number of amides is 1. The van der Waals surface area contributed by atoms with Crippen LogP contribution in [0.5, 0.6) is 0 Å². The van der Waals surface area contributed by atoms with Crippen LogP contribution >= 0.6 is 23.5 Å². The summed E-state index contributed by atoms with van der Waals surface area (Å²) in [6.07, 6.45) is 0. The molecule has 122 valence electrons. The number of aliphatic imine (C=N–C) groups is 1. The fraction of sp³-hybridized carbons (Fsp3) is 0.222. The van der Waals surface area contributed by atoms with E-state index >= 15 is 0 Å². The molecule has 0 aliphatic carbocycles. The van der Waals surface area contributed by atoms with Gasteiger partial charge in [-0.15, -0.1) is 11.8 Å². The van der Waals surface area contributed by atoms with Gasteiger partial charge < -0.3 is 10.2 Å². The van der Waals surface area contributed by atoms with Crippen molar-refractivity contribution in [1.82, 2.24) is 0 Å². The second-order valence-corrected chi connectivity index (χ2v) is 7.73. The van der Waals surface area contributed by atoms with Crippen LogP contribution in [0, 0.1) is 6.92 Å². The van der Waals surface area contributed by atoms with Crippen LogP contribution in [0.1, 0.15) is 5.56 Å². The molecular weight excluding hydrogens is 338 g/mol. The van der Waals surface area contributed by atoms with E-state index in [9.17, 15) is 4.79 Å². The summed E-state index contributed by atoms with van der Waals surface area (Å²) in [5.74, 6) is 0.428. The maximum atomic E-state index is 12.3. The van der Waals surface area contributed by atoms with Crippen molar-refractivity contribution in [1.29, 1.82) is 0 Å². The summed E-state index contributed by atoms with van der Waals surface area (Å²) >= 11 is 3.27. The highest BCUT2D eigenvalue weighted by atomic mass is 32.2. The fourth-order valence-electron chi connectivity index (χ4n) is 2.79. The maximum absolute atomic E-state index is 12.3. The Hall–Kier alpha value is -1.92. The molecule has 0 radical (unpaired) electrons. The molecule has 1 N–H and O–H groups in total. The molecule has 24 heavy (non-hydrogen) atoms. The first-order valence-electron chi connectivity index (χ1n) is 7.83. The lowest BCUT2D eigenvalue weighted by Crippen LogP contribution is -2.21. The van der Waals surface area contributed by atoms with Gasteiger partial charge in [-0.1, -0.05) is 18.2 Å². The minimum absolute atomic E-state index is 0.0177. The Morgan fingerprint density at radius 2 is 2.21 bits per heavy atom. The lowest BCUT2D eigenvalue weighted by atomic mass is 10.2. The highest BCUT2D eigenvalue weighted by Crippen LogP contribution is 2.43. The topological polar surface area (TPSA) is 44.7 Å². The van der Waals surface area contributed by atoms with E-state index in [0.717, 1.165) is 34.5 Å². The van der Waals surface area contributed by atoms with Crippen LogP contribution in [-0.2, 0) is 4.79 Å². The van der Waals surface area contributed by atoms with Crippen LogP contribution < -0.4 is 10.2 Å². The summed E-state index contributed by atoms with van der Waals surface area (Å²) < 4.78 is 0. The van der Waals surface area contributed by atoms with Gasteiger partial charge in [0.05, 0.1) is 18.0 Å². The number of thioether (sulfide) groups is 2. The summed E-state index contributed by atoms with van der Waals surface area (Å²) in [5, 5.41) is 4.08. The van der Waals surface area contributed by atoms with Crippen LogP contribution in [0.15, 0.2) is 57.2 Å². The Morgan fingerprint density at radius 3 is 3.08 bits per heavy atom. The first kappa shape index (κ1) is 15.6. The lowest BCUT2D eigenvalue weighted by molar-refractivity contribution is -0.113. The highest BCUT2D eigenvalue weighted by Gasteiger charge is 2.29. The Bertz CT molecular complexity index is 835. The van der Waals surface area contributed by atoms with E-state index in [1.807, 2.05) is 30.3 Å². The van der Waals surface area contributed by atoms with E-state index in [1.165, 1.54) is 10.5 Å². The number of rotatable bonds is 4. The van der Waals surface area contributed by atoms with Gasteiger partial charge in [0.25, 0.3) is 0 Å². The number of hydrogen-bond donors (Lipinski definition) is 1. The molecule has 2 aromatic rings.